The first-order valence-corrected chi connectivity index (χ1v) is 6.98. The number of piperidine rings is 1. The smallest absolute Gasteiger partial charge is 0.132 e. The van der Waals surface area contributed by atoms with Crippen molar-refractivity contribution in [1.82, 2.24) is 15.3 Å². The van der Waals surface area contributed by atoms with Crippen molar-refractivity contribution in [3.05, 3.63) is 18.1 Å². The number of anilines is 1. The first-order chi connectivity index (χ1) is 8.70. The minimum absolute atomic E-state index is 0.629. The topological polar surface area (TPSA) is 41.0 Å². The van der Waals surface area contributed by atoms with Gasteiger partial charge in [0.1, 0.15) is 11.6 Å². The molecule has 1 atom stereocenters. The van der Waals surface area contributed by atoms with E-state index in [9.17, 15) is 0 Å². The van der Waals surface area contributed by atoms with Crippen LogP contribution in [0.3, 0.4) is 0 Å². The SMILES string of the molecule is CCNC(C)C1CCN(c2ccnc(C)n2)CC1. The van der Waals surface area contributed by atoms with Crippen molar-refractivity contribution >= 4 is 5.82 Å². The molecule has 2 rings (SSSR count). The molecule has 0 spiro atoms. The van der Waals surface area contributed by atoms with Crippen molar-refractivity contribution in [3.8, 4) is 0 Å². The maximum atomic E-state index is 4.50. The Kier molecular flexibility index (Phi) is 4.53. The molecule has 1 aromatic rings. The van der Waals surface area contributed by atoms with Gasteiger partial charge >= 0.3 is 0 Å². The minimum atomic E-state index is 0.629. The summed E-state index contributed by atoms with van der Waals surface area (Å²) in [5.74, 6) is 2.73. The van der Waals surface area contributed by atoms with Gasteiger partial charge in [0, 0.05) is 25.3 Å². The highest BCUT2D eigenvalue weighted by Crippen LogP contribution is 2.23. The van der Waals surface area contributed by atoms with Crippen molar-refractivity contribution < 1.29 is 0 Å². The van der Waals surface area contributed by atoms with Crippen molar-refractivity contribution in [2.45, 2.75) is 39.7 Å². The number of nitrogens with one attached hydrogen (secondary N) is 1. The van der Waals surface area contributed by atoms with Crippen LogP contribution in [0.15, 0.2) is 12.3 Å². The molecule has 1 aromatic heterocycles. The fourth-order valence-corrected chi connectivity index (χ4v) is 2.74. The molecule has 1 saturated heterocycles. The zero-order chi connectivity index (χ0) is 13.0. The third-order valence-electron chi connectivity index (χ3n) is 3.86. The highest BCUT2D eigenvalue weighted by molar-refractivity contribution is 5.37. The molecular weight excluding hydrogens is 224 g/mol. The predicted molar refractivity (Wildman–Crippen MR) is 74.8 cm³/mol. The molecule has 1 N–H and O–H groups in total. The van der Waals surface area contributed by atoms with Crippen molar-refractivity contribution in [3.63, 3.8) is 0 Å². The van der Waals surface area contributed by atoms with E-state index in [1.807, 2.05) is 19.2 Å². The Morgan fingerprint density at radius 3 is 2.78 bits per heavy atom. The second kappa shape index (κ2) is 6.14. The molecule has 0 aromatic carbocycles. The third kappa shape index (κ3) is 3.19. The lowest BCUT2D eigenvalue weighted by Crippen LogP contribution is -2.42. The van der Waals surface area contributed by atoms with E-state index in [-0.39, 0.29) is 0 Å². The van der Waals surface area contributed by atoms with E-state index in [2.05, 4.69) is 34.0 Å². The lowest BCUT2D eigenvalue weighted by Gasteiger charge is -2.35. The molecule has 4 heteroatoms. The molecule has 2 heterocycles. The Morgan fingerprint density at radius 2 is 2.17 bits per heavy atom. The van der Waals surface area contributed by atoms with E-state index in [1.165, 1.54) is 12.8 Å². The Balaban J connectivity index is 1.90. The molecule has 1 aliphatic rings. The van der Waals surface area contributed by atoms with Crippen LogP contribution in [-0.4, -0.2) is 35.6 Å². The van der Waals surface area contributed by atoms with Crippen LogP contribution >= 0.6 is 0 Å². The molecule has 0 aliphatic carbocycles. The lowest BCUT2D eigenvalue weighted by molar-refractivity contribution is 0.314. The maximum absolute atomic E-state index is 4.50. The monoisotopic (exact) mass is 248 g/mol. The Bertz CT molecular complexity index is 372. The van der Waals surface area contributed by atoms with Crippen LogP contribution in [0.4, 0.5) is 5.82 Å². The summed E-state index contributed by atoms with van der Waals surface area (Å²) in [7, 11) is 0. The van der Waals surface area contributed by atoms with Crippen LogP contribution in [-0.2, 0) is 0 Å². The zero-order valence-corrected chi connectivity index (χ0v) is 11.7. The van der Waals surface area contributed by atoms with Crippen molar-refractivity contribution in [2.75, 3.05) is 24.5 Å². The molecular formula is C14H24N4. The first kappa shape index (κ1) is 13.3. The molecule has 1 fully saturated rings. The van der Waals surface area contributed by atoms with E-state index in [0.717, 1.165) is 37.2 Å². The van der Waals surface area contributed by atoms with Crippen LogP contribution in [0.2, 0.25) is 0 Å². The van der Waals surface area contributed by atoms with Gasteiger partial charge in [-0.25, -0.2) is 9.97 Å². The maximum Gasteiger partial charge on any atom is 0.132 e. The van der Waals surface area contributed by atoms with Gasteiger partial charge in [-0.1, -0.05) is 6.92 Å². The number of aromatic nitrogens is 2. The van der Waals surface area contributed by atoms with Crippen molar-refractivity contribution in [1.29, 1.82) is 0 Å². The second-order valence-electron chi connectivity index (χ2n) is 5.13. The molecule has 100 valence electrons. The first-order valence-electron chi connectivity index (χ1n) is 6.98. The third-order valence-corrected chi connectivity index (χ3v) is 3.86. The normalized spacial score (nSPS) is 18.9. The van der Waals surface area contributed by atoms with Crippen LogP contribution in [0.1, 0.15) is 32.5 Å². The van der Waals surface area contributed by atoms with E-state index in [4.69, 9.17) is 0 Å². The van der Waals surface area contributed by atoms with E-state index < -0.39 is 0 Å². The van der Waals surface area contributed by atoms with Crippen LogP contribution in [0.5, 0.6) is 0 Å². The van der Waals surface area contributed by atoms with Gasteiger partial charge in [0.25, 0.3) is 0 Å². The van der Waals surface area contributed by atoms with E-state index in [1.54, 1.807) is 0 Å². The van der Waals surface area contributed by atoms with Gasteiger partial charge < -0.3 is 10.2 Å². The number of rotatable bonds is 4. The molecule has 1 unspecified atom stereocenters. The lowest BCUT2D eigenvalue weighted by atomic mass is 9.90. The van der Waals surface area contributed by atoms with Gasteiger partial charge in [-0.3, -0.25) is 0 Å². The molecule has 1 aliphatic heterocycles. The molecule has 0 radical (unpaired) electrons. The van der Waals surface area contributed by atoms with E-state index in [0.29, 0.717) is 6.04 Å². The van der Waals surface area contributed by atoms with Gasteiger partial charge in [0.15, 0.2) is 0 Å². The summed E-state index contributed by atoms with van der Waals surface area (Å²) in [6.45, 7) is 9.71. The average molecular weight is 248 g/mol. The Hall–Kier alpha value is -1.16. The molecule has 18 heavy (non-hydrogen) atoms. The van der Waals surface area contributed by atoms with Crippen molar-refractivity contribution in [2.24, 2.45) is 5.92 Å². The minimum Gasteiger partial charge on any atom is -0.356 e. The summed E-state index contributed by atoms with van der Waals surface area (Å²) in [4.78, 5) is 11.0. The standard InChI is InChI=1S/C14H24N4/c1-4-15-11(2)13-6-9-18(10-7-13)14-5-8-16-12(3)17-14/h5,8,11,13,15H,4,6-7,9-10H2,1-3H3. The summed E-state index contributed by atoms with van der Waals surface area (Å²) < 4.78 is 0. The van der Waals surface area contributed by atoms with Crippen LogP contribution in [0.25, 0.3) is 0 Å². The molecule has 0 saturated carbocycles. The highest BCUT2D eigenvalue weighted by Gasteiger charge is 2.23. The fourth-order valence-electron chi connectivity index (χ4n) is 2.74. The number of aryl methyl sites for hydroxylation is 1. The quantitative estimate of drug-likeness (QED) is 0.885. The van der Waals surface area contributed by atoms with Gasteiger partial charge in [-0.2, -0.15) is 0 Å². The number of hydrogen-bond donors (Lipinski definition) is 1. The van der Waals surface area contributed by atoms with Crippen LogP contribution < -0.4 is 10.2 Å². The number of hydrogen-bond acceptors (Lipinski definition) is 4. The largest absolute Gasteiger partial charge is 0.356 e. The second-order valence-corrected chi connectivity index (χ2v) is 5.13. The van der Waals surface area contributed by atoms with Gasteiger partial charge in [0.2, 0.25) is 0 Å². The number of nitrogens with zero attached hydrogens (tertiary/aromatic N) is 3. The zero-order valence-electron chi connectivity index (χ0n) is 11.7. The summed E-state index contributed by atoms with van der Waals surface area (Å²) in [5, 5.41) is 3.53. The highest BCUT2D eigenvalue weighted by atomic mass is 15.2. The van der Waals surface area contributed by atoms with E-state index >= 15 is 0 Å². The summed E-state index contributed by atoms with van der Waals surface area (Å²) in [6.07, 6.45) is 4.35. The summed E-state index contributed by atoms with van der Waals surface area (Å²) in [5.41, 5.74) is 0. The van der Waals surface area contributed by atoms with Gasteiger partial charge in [-0.05, 0) is 45.2 Å². The van der Waals surface area contributed by atoms with Gasteiger partial charge in [-0.15, -0.1) is 0 Å². The predicted octanol–water partition coefficient (Wildman–Crippen LogP) is 2.00. The van der Waals surface area contributed by atoms with Crippen LogP contribution in [0, 0.1) is 12.8 Å². The average Bonchev–Trinajstić information content (AvgIpc) is 2.39. The molecule has 0 amide bonds. The summed E-state index contributed by atoms with van der Waals surface area (Å²) in [6, 6.07) is 2.64. The molecule has 4 nitrogen and oxygen atoms in total. The molecule has 0 bridgehead atoms. The van der Waals surface area contributed by atoms with Gasteiger partial charge in [0.05, 0.1) is 0 Å². The fraction of sp³-hybridized carbons (Fsp3) is 0.714. The Morgan fingerprint density at radius 1 is 1.44 bits per heavy atom. The summed E-state index contributed by atoms with van der Waals surface area (Å²) >= 11 is 0. The Labute approximate surface area is 110 Å².